The van der Waals surface area contributed by atoms with Crippen molar-refractivity contribution >= 4 is 20.0 Å². The summed E-state index contributed by atoms with van der Waals surface area (Å²) in [5.41, 5.74) is 1.79. The van der Waals surface area contributed by atoms with E-state index >= 15 is 0 Å². The van der Waals surface area contributed by atoms with Crippen LogP contribution < -0.4 is 9.47 Å². The van der Waals surface area contributed by atoms with Crippen LogP contribution in [0.3, 0.4) is 0 Å². The van der Waals surface area contributed by atoms with Gasteiger partial charge in [-0.1, -0.05) is 39.8 Å². The van der Waals surface area contributed by atoms with E-state index in [0.29, 0.717) is 24.7 Å². The van der Waals surface area contributed by atoms with Gasteiger partial charge in [0.05, 0.1) is 13.2 Å². The summed E-state index contributed by atoms with van der Waals surface area (Å²) in [6, 6.07) is 10.5. The quantitative estimate of drug-likeness (QED) is 0.444. The summed E-state index contributed by atoms with van der Waals surface area (Å²) < 4.78 is 68.3. The van der Waals surface area contributed by atoms with Crippen molar-refractivity contribution in [3.05, 3.63) is 47.5 Å². The molecule has 1 fully saturated rings. The van der Waals surface area contributed by atoms with E-state index in [1.54, 1.807) is 38.1 Å². The minimum absolute atomic E-state index is 0.0485. The molecule has 36 heavy (non-hydrogen) atoms. The molecule has 3 rings (SSSR count). The Balaban J connectivity index is 1.88. The summed E-state index contributed by atoms with van der Waals surface area (Å²) in [5.74, 6) is 0.920. The van der Waals surface area contributed by atoms with E-state index in [9.17, 15) is 16.8 Å². The lowest BCUT2D eigenvalue weighted by atomic mass is 10.0. The average Bonchev–Trinajstić information content (AvgIpc) is 2.84. The van der Waals surface area contributed by atoms with E-state index in [2.05, 4.69) is 0 Å². The Labute approximate surface area is 216 Å². The van der Waals surface area contributed by atoms with Gasteiger partial charge in [0.15, 0.2) is 0 Å². The van der Waals surface area contributed by atoms with Crippen molar-refractivity contribution in [2.45, 2.75) is 63.2 Å². The van der Waals surface area contributed by atoms with Gasteiger partial charge in [0.1, 0.15) is 21.3 Å². The zero-order chi connectivity index (χ0) is 26.7. The highest BCUT2D eigenvalue weighted by Gasteiger charge is 2.36. The monoisotopic (exact) mass is 538 g/mol. The Kier molecular flexibility index (Phi) is 9.08. The first-order valence-corrected chi connectivity index (χ1v) is 15.3. The SMILES string of the molecule is CCOc1ccc(C(C)C)cc1S(=O)(=O)N1CCN(S(=O)(=O)c2cc(C(C)C)ccc2OCC)CC1. The first-order chi connectivity index (χ1) is 16.9. The smallest absolute Gasteiger partial charge is 0.246 e. The van der Waals surface area contributed by atoms with Gasteiger partial charge >= 0.3 is 0 Å². The third kappa shape index (κ3) is 5.88. The predicted molar refractivity (Wildman–Crippen MR) is 141 cm³/mol. The van der Waals surface area contributed by atoms with E-state index in [1.807, 2.05) is 39.8 Å². The van der Waals surface area contributed by atoms with Crippen molar-refractivity contribution < 1.29 is 26.3 Å². The normalized spacial score (nSPS) is 16.0. The largest absolute Gasteiger partial charge is 0.492 e. The second-order valence-electron chi connectivity index (χ2n) is 9.40. The van der Waals surface area contributed by atoms with E-state index in [1.165, 1.54) is 8.61 Å². The van der Waals surface area contributed by atoms with Crippen molar-refractivity contribution in [3.63, 3.8) is 0 Å². The molecule has 0 amide bonds. The van der Waals surface area contributed by atoms with Crippen LogP contribution in [-0.2, 0) is 20.0 Å². The first-order valence-electron chi connectivity index (χ1n) is 12.5. The van der Waals surface area contributed by atoms with E-state index in [-0.39, 0.29) is 47.8 Å². The van der Waals surface area contributed by atoms with Gasteiger partial charge in [0.2, 0.25) is 20.0 Å². The second kappa shape index (κ2) is 11.5. The summed E-state index contributed by atoms with van der Waals surface area (Å²) in [4.78, 5) is 0.241. The van der Waals surface area contributed by atoms with Crippen molar-refractivity contribution in [1.82, 2.24) is 8.61 Å². The highest BCUT2D eigenvalue weighted by Crippen LogP contribution is 2.34. The fraction of sp³-hybridized carbons (Fsp3) is 0.538. The maximum atomic E-state index is 13.6. The Morgan fingerprint density at radius 2 is 1.00 bits per heavy atom. The van der Waals surface area contributed by atoms with Crippen molar-refractivity contribution in [2.75, 3.05) is 39.4 Å². The molecule has 8 nitrogen and oxygen atoms in total. The van der Waals surface area contributed by atoms with E-state index in [4.69, 9.17) is 9.47 Å². The maximum Gasteiger partial charge on any atom is 0.246 e. The summed E-state index contributed by atoms with van der Waals surface area (Å²) in [6.45, 7) is 12.5. The molecule has 10 heteroatoms. The molecule has 1 aliphatic heterocycles. The molecule has 0 aromatic heterocycles. The lowest BCUT2D eigenvalue weighted by Gasteiger charge is -2.34. The predicted octanol–water partition coefficient (Wildman–Crippen LogP) is 4.43. The highest BCUT2D eigenvalue weighted by atomic mass is 32.2. The molecule has 0 N–H and O–H groups in total. The number of hydrogen-bond donors (Lipinski definition) is 0. The molecule has 0 aliphatic carbocycles. The number of rotatable bonds is 10. The third-order valence-electron chi connectivity index (χ3n) is 6.30. The van der Waals surface area contributed by atoms with E-state index in [0.717, 1.165) is 11.1 Å². The molecule has 0 unspecified atom stereocenters. The zero-order valence-electron chi connectivity index (χ0n) is 22.0. The van der Waals surface area contributed by atoms with Crippen LogP contribution in [0.15, 0.2) is 46.2 Å². The molecular formula is C26H38N2O6S2. The molecule has 1 saturated heterocycles. The third-order valence-corrected chi connectivity index (χ3v) is 10.1. The molecular weight excluding hydrogens is 500 g/mol. The number of piperazine rings is 1. The van der Waals surface area contributed by atoms with Gasteiger partial charge in [-0.15, -0.1) is 0 Å². The van der Waals surface area contributed by atoms with Gasteiger partial charge < -0.3 is 9.47 Å². The Hall–Kier alpha value is -2.14. The minimum Gasteiger partial charge on any atom is -0.492 e. The Bertz CT molecular complexity index is 1170. The Morgan fingerprint density at radius 3 is 1.28 bits per heavy atom. The zero-order valence-corrected chi connectivity index (χ0v) is 23.7. The topological polar surface area (TPSA) is 93.2 Å². The summed E-state index contributed by atoms with van der Waals surface area (Å²) in [6.07, 6.45) is 0. The van der Waals surface area contributed by atoms with E-state index < -0.39 is 20.0 Å². The molecule has 0 saturated carbocycles. The van der Waals surface area contributed by atoms with Crippen LogP contribution in [0.2, 0.25) is 0 Å². The molecule has 2 aromatic carbocycles. The summed E-state index contributed by atoms with van der Waals surface area (Å²) in [5, 5.41) is 0. The van der Waals surface area contributed by atoms with Crippen LogP contribution in [0.25, 0.3) is 0 Å². The molecule has 200 valence electrons. The number of sulfonamides is 2. The van der Waals surface area contributed by atoms with Crippen LogP contribution in [-0.4, -0.2) is 64.8 Å². The van der Waals surface area contributed by atoms with Gasteiger partial charge in [0, 0.05) is 26.2 Å². The number of hydrogen-bond acceptors (Lipinski definition) is 6. The van der Waals surface area contributed by atoms with Crippen LogP contribution in [0, 0.1) is 0 Å². The second-order valence-corrected chi connectivity index (χ2v) is 13.2. The van der Waals surface area contributed by atoms with Crippen molar-refractivity contribution in [2.24, 2.45) is 0 Å². The van der Waals surface area contributed by atoms with Crippen molar-refractivity contribution in [1.29, 1.82) is 0 Å². The molecule has 2 aromatic rings. The molecule has 1 aliphatic rings. The van der Waals surface area contributed by atoms with Gasteiger partial charge in [-0.05, 0) is 61.1 Å². The highest BCUT2D eigenvalue weighted by molar-refractivity contribution is 7.89. The molecule has 0 spiro atoms. The minimum atomic E-state index is -3.88. The van der Waals surface area contributed by atoms with Crippen LogP contribution in [0.4, 0.5) is 0 Å². The summed E-state index contributed by atoms with van der Waals surface area (Å²) in [7, 11) is -7.75. The standard InChI is InChI=1S/C26H38N2O6S2/c1-7-33-23-11-9-21(19(3)4)17-25(23)35(29,30)27-13-15-28(16-14-27)36(31,32)26-18-22(20(5)6)10-12-24(26)34-8-2/h9-12,17-20H,7-8,13-16H2,1-6H3. The molecule has 0 radical (unpaired) electrons. The summed E-state index contributed by atoms with van der Waals surface area (Å²) >= 11 is 0. The van der Waals surface area contributed by atoms with Gasteiger partial charge in [0.25, 0.3) is 0 Å². The first kappa shape index (κ1) is 28.4. The maximum absolute atomic E-state index is 13.6. The average molecular weight is 539 g/mol. The Morgan fingerprint density at radius 1 is 0.667 bits per heavy atom. The fourth-order valence-corrected chi connectivity index (χ4v) is 7.33. The lowest BCUT2D eigenvalue weighted by Crippen LogP contribution is -2.50. The molecule has 0 atom stereocenters. The van der Waals surface area contributed by atoms with Crippen LogP contribution in [0.5, 0.6) is 11.5 Å². The number of ether oxygens (including phenoxy) is 2. The molecule has 0 bridgehead atoms. The van der Waals surface area contributed by atoms with Crippen LogP contribution in [0.1, 0.15) is 64.5 Å². The number of nitrogens with zero attached hydrogens (tertiary/aromatic N) is 2. The van der Waals surface area contributed by atoms with Gasteiger partial charge in [-0.3, -0.25) is 0 Å². The van der Waals surface area contributed by atoms with Gasteiger partial charge in [-0.25, -0.2) is 16.8 Å². The fourth-order valence-electron chi connectivity index (χ4n) is 4.15. The lowest BCUT2D eigenvalue weighted by molar-refractivity contribution is 0.269. The van der Waals surface area contributed by atoms with Gasteiger partial charge in [-0.2, -0.15) is 8.61 Å². The van der Waals surface area contributed by atoms with Crippen molar-refractivity contribution in [3.8, 4) is 11.5 Å². The number of benzene rings is 2. The van der Waals surface area contributed by atoms with Crippen LogP contribution >= 0.6 is 0 Å². The molecule has 1 heterocycles.